The van der Waals surface area contributed by atoms with Crippen molar-refractivity contribution in [1.82, 2.24) is 0 Å². The van der Waals surface area contributed by atoms with Crippen LogP contribution in [-0.4, -0.2) is 11.1 Å². The zero-order valence-corrected chi connectivity index (χ0v) is 12.0. The summed E-state index contributed by atoms with van der Waals surface area (Å²) < 4.78 is 5.54. The first-order valence-corrected chi connectivity index (χ1v) is 6.40. The van der Waals surface area contributed by atoms with E-state index in [1.807, 2.05) is 6.92 Å². The van der Waals surface area contributed by atoms with Crippen LogP contribution in [0.25, 0.3) is 0 Å². The van der Waals surface area contributed by atoms with Crippen molar-refractivity contribution in [3.8, 4) is 11.5 Å². The number of carbonyl (C=O) groups is 1. The number of hydrogen-bond acceptors (Lipinski definition) is 3. The van der Waals surface area contributed by atoms with Gasteiger partial charge in [-0.3, -0.25) is 0 Å². The van der Waals surface area contributed by atoms with Crippen LogP contribution in [0, 0.1) is 6.92 Å². The lowest BCUT2D eigenvalue weighted by molar-refractivity contribution is 0.0694. The Morgan fingerprint density at radius 3 is 2.50 bits per heavy atom. The Morgan fingerprint density at radius 1 is 1.20 bits per heavy atom. The standard InChI is InChI=1S/C14H11Cl2NO3/c1-7-2-3-12(10(15)4-7)20-13-9(14(18)19)5-8(17)6-11(13)16/h2-6H,17H2,1H3,(H,18,19). The molecule has 0 aliphatic carbocycles. The summed E-state index contributed by atoms with van der Waals surface area (Å²) in [6.45, 7) is 1.88. The van der Waals surface area contributed by atoms with Gasteiger partial charge in [0.1, 0.15) is 11.3 Å². The topological polar surface area (TPSA) is 72.5 Å². The lowest BCUT2D eigenvalue weighted by Gasteiger charge is -2.13. The summed E-state index contributed by atoms with van der Waals surface area (Å²) in [6.07, 6.45) is 0. The van der Waals surface area contributed by atoms with E-state index in [4.69, 9.17) is 33.7 Å². The second-order valence-electron chi connectivity index (χ2n) is 4.22. The van der Waals surface area contributed by atoms with Crippen LogP contribution in [0.1, 0.15) is 15.9 Å². The zero-order valence-electron chi connectivity index (χ0n) is 10.5. The van der Waals surface area contributed by atoms with Crippen LogP contribution in [-0.2, 0) is 0 Å². The van der Waals surface area contributed by atoms with Gasteiger partial charge in [0.25, 0.3) is 0 Å². The first-order chi connectivity index (χ1) is 9.38. The Morgan fingerprint density at radius 2 is 1.90 bits per heavy atom. The molecule has 0 spiro atoms. The first-order valence-electron chi connectivity index (χ1n) is 5.65. The van der Waals surface area contributed by atoms with Crippen LogP contribution >= 0.6 is 23.2 Å². The van der Waals surface area contributed by atoms with E-state index in [9.17, 15) is 9.90 Å². The maximum absolute atomic E-state index is 11.2. The molecule has 0 atom stereocenters. The van der Waals surface area contributed by atoms with Gasteiger partial charge in [-0.1, -0.05) is 29.3 Å². The largest absolute Gasteiger partial charge is 0.478 e. The van der Waals surface area contributed by atoms with Gasteiger partial charge in [-0.15, -0.1) is 0 Å². The van der Waals surface area contributed by atoms with E-state index in [1.54, 1.807) is 18.2 Å². The SMILES string of the molecule is Cc1ccc(Oc2c(Cl)cc(N)cc2C(=O)O)c(Cl)c1. The van der Waals surface area contributed by atoms with Crippen LogP contribution in [0.15, 0.2) is 30.3 Å². The number of ether oxygens (including phenoxy) is 1. The van der Waals surface area contributed by atoms with Gasteiger partial charge in [0.2, 0.25) is 0 Å². The van der Waals surface area contributed by atoms with Crippen LogP contribution in [0.4, 0.5) is 5.69 Å². The fraction of sp³-hybridized carbons (Fsp3) is 0.0714. The van der Waals surface area contributed by atoms with Crippen molar-refractivity contribution in [1.29, 1.82) is 0 Å². The number of rotatable bonds is 3. The Bertz CT molecular complexity index is 686. The van der Waals surface area contributed by atoms with Gasteiger partial charge in [0.15, 0.2) is 5.75 Å². The molecule has 4 nitrogen and oxygen atoms in total. The number of carboxylic acids is 1. The fourth-order valence-electron chi connectivity index (χ4n) is 1.68. The van der Waals surface area contributed by atoms with Crippen LogP contribution in [0.2, 0.25) is 10.0 Å². The van der Waals surface area contributed by atoms with E-state index in [0.29, 0.717) is 10.8 Å². The minimum absolute atomic E-state index is 0.0131. The molecular formula is C14H11Cl2NO3. The highest BCUT2D eigenvalue weighted by molar-refractivity contribution is 6.33. The molecule has 0 fully saturated rings. The molecule has 0 saturated carbocycles. The molecule has 0 heterocycles. The summed E-state index contributed by atoms with van der Waals surface area (Å²) in [4.78, 5) is 11.2. The number of halogens is 2. The number of hydrogen-bond donors (Lipinski definition) is 2. The summed E-state index contributed by atoms with van der Waals surface area (Å²) in [5, 5.41) is 9.66. The molecule has 0 saturated heterocycles. The Balaban J connectivity index is 2.50. The highest BCUT2D eigenvalue weighted by Gasteiger charge is 2.18. The highest BCUT2D eigenvalue weighted by Crippen LogP contribution is 2.37. The van der Waals surface area contributed by atoms with Crippen molar-refractivity contribution in [3.05, 3.63) is 51.5 Å². The number of aromatic carboxylic acids is 1. The summed E-state index contributed by atoms with van der Waals surface area (Å²) >= 11 is 12.1. The Kier molecular flexibility index (Phi) is 4.06. The van der Waals surface area contributed by atoms with Gasteiger partial charge in [-0.25, -0.2) is 4.79 Å². The van der Waals surface area contributed by atoms with Gasteiger partial charge in [-0.05, 0) is 36.8 Å². The van der Waals surface area contributed by atoms with Crippen molar-refractivity contribution < 1.29 is 14.6 Å². The molecule has 0 aliphatic heterocycles. The third-order valence-electron chi connectivity index (χ3n) is 2.60. The predicted molar refractivity (Wildman–Crippen MR) is 79.1 cm³/mol. The molecule has 2 aromatic carbocycles. The van der Waals surface area contributed by atoms with Crippen molar-refractivity contribution in [2.45, 2.75) is 6.92 Å². The monoisotopic (exact) mass is 311 g/mol. The van der Waals surface area contributed by atoms with E-state index in [2.05, 4.69) is 0 Å². The molecule has 0 amide bonds. The third-order valence-corrected chi connectivity index (χ3v) is 3.17. The average Bonchev–Trinajstić information content (AvgIpc) is 2.34. The van der Waals surface area contributed by atoms with Gasteiger partial charge in [-0.2, -0.15) is 0 Å². The highest BCUT2D eigenvalue weighted by atomic mass is 35.5. The molecule has 0 unspecified atom stereocenters. The molecule has 2 rings (SSSR count). The van der Waals surface area contributed by atoms with Crippen molar-refractivity contribution in [3.63, 3.8) is 0 Å². The van der Waals surface area contributed by atoms with Gasteiger partial charge in [0, 0.05) is 5.69 Å². The fourth-order valence-corrected chi connectivity index (χ4v) is 2.22. The van der Waals surface area contributed by atoms with Crippen molar-refractivity contribution in [2.75, 3.05) is 5.73 Å². The van der Waals surface area contributed by atoms with Gasteiger partial charge >= 0.3 is 5.97 Å². The Hall–Kier alpha value is -1.91. The van der Waals surface area contributed by atoms with Crippen LogP contribution in [0.3, 0.4) is 0 Å². The number of benzene rings is 2. The molecule has 0 bridgehead atoms. The smallest absolute Gasteiger partial charge is 0.339 e. The lowest BCUT2D eigenvalue weighted by Crippen LogP contribution is -2.02. The van der Waals surface area contributed by atoms with E-state index in [-0.39, 0.29) is 22.0 Å². The second-order valence-corrected chi connectivity index (χ2v) is 5.03. The molecule has 0 radical (unpaired) electrons. The summed E-state index contributed by atoms with van der Waals surface area (Å²) in [7, 11) is 0. The quantitative estimate of drug-likeness (QED) is 0.825. The number of nitrogen functional groups attached to an aromatic ring is 1. The van der Waals surface area contributed by atoms with Gasteiger partial charge < -0.3 is 15.6 Å². The average molecular weight is 312 g/mol. The molecule has 0 aromatic heterocycles. The molecule has 0 aliphatic rings. The van der Waals surface area contributed by atoms with E-state index in [1.165, 1.54) is 12.1 Å². The zero-order chi connectivity index (χ0) is 14.9. The minimum Gasteiger partial charge on any atom is -0.478 e. The van der Waals surface area contributed by atoms with Gasteiger partial charge in [0.05, 0.1) is 10.0 Å². The maximum atomic E-state index is 11.2. The molecule has 104 valence electrons. The molecule has 20 heavy (non-hydrogen) atoms. The van der Waals surface area contributed by atoms with Crippen LogP contribution in [0.5, 0.6) is 11.5 Å². The normalized spacial score (nSPS) is 10.3. The maximum Gasteiger partial charge on any atom is 0.339 e. The molecule has 6 heteroatoms. The number of carboxylic acid groups (broad SMARTS) is 1. The summed E-state index contributed by atoms with van der Waals surface area (Å²) in [5.74, 6) is -0.844. The van der Waals surface area contributed by atoms with Crippen LogP contribution < -0.4 is 10.5 Å². The molecular weight excluding hydrogens is 301 g/mol. The third kappa shape index (κ3) is 2.98. The summed E-state index contributed by atoms with van der Waals surface area (Å²) in [6, 6.07) is 7.86. The Labute approximate surface area is 125 Å². The van der Waals surface area contributed by atoms with E-state index in [0.717, 1.165) is 5.56 Å². The molecule has 3 N–H and O–H groups in total. The minimum atomic E-state index is -1.18. The van der Waals surface area contributed by atoms with Crippen molar-refractivity contribution >= 4 is 34.9 Å². The van der Waals surface area contributed by atoms with E-state index >= 15 is 0 Å². The van der Waals surface area contributed by atoms with E-state index < -0.39 is 5.97 Å². The number of nitrogens with two attached hydrogens (primary N) is 1. The number of anilines is 1. The number of aryl methyl sites for hydroxylation is 1. The first kappa shape index (κ1) is 14.5. The predicted octanol–water partition coefficient (Wildman–Crippen LogP) is 4.37. The molecule has 2 aromatic rings. The van der Waals surface area contributed by atoms with Crippen molar-refractivity contribution in [2.24, 2.45) is 0 Å². The lowest BCUT2D eigenvalue weighted by atomic mass is 10.1. The summed E-state index contributed by atoms with van der Waals surface area (Å²) in [5.41, 5.74) is 6.67. The second kappa shape index (κ2) is 5.61.